The van der Waals surface area contributed by atoms with Crippen LogP contribution in [0, 0.1) is 51.2 Å². The van der Waals surface area contributed by atoms with E-state index in [0.717, 1.165) is 56.3 Å². The number of carbonyl (C=O) groups excluding carboxylic acids is 2. The molecule has 6 rings (SSSR count). The third-order valence-electron chi connectivity index (χ3n) is 12.8. The Hall–Kier alpha value is -1.99. The average Bonchev–Trinajstić information content (AvgIpc) is 3.33. The first-order valence-electron chi connectivity index (χ1n) is 15.5. The number of aromatic nitrogens is 1. The van der Waals surface area contributed by atoms with Crippen LogP contribution in [0.5, 0.6) is 0 Å². The Morgan fingerprint density at radius 1 is 1.10 bits per heavy atom. The van der Waals surface area contributed by atoms with Gasteiger partial charge in [-0.2, -0.15) is 0 Å². The molecule has 7 nitrogen and oxygen atoms in total. The van der Waals surface area contributed by atoms with Gasteiger partial charge < -0.3 is 9.84 Å². The molecule has 0 saturated heterocycles. The summed E-state index contributed by atoms with van der Waals surface area (Å²) in [5.41, 5.74) is 0.939. The van der Waals surface area contributed by atoms with Crippen LogP contribution in [-0.4, -0.2) is 30.5 Å². The van der Waals surface area contributed by atoms with Gasteiger partial charge in [0.2, 0.25) is 5.91 Å². The zero-order valence-electron chi connectivity index (χ0n) is 25.7. The van der Waals surface area contributed by atoms with Gasteiger partial charge in [0.1, 0.15) is 0 Å². The number of nitrogens with zero attached hydrogens (tertiary/aromatic N) is 1. The number of nitrogens with one attached hydrogen (secondary N) is 1. The van der Waals surface area contributed by atoms with Crippen molar-refractivity contribution in [3.05, 3.63) is 29.2 Å². The van der Waals surface area contributed by atoms with Crippen molar-refractivity contribution in [2.75, 3.05) is 13.7 Å². The molecule has 5 aliphatic carbocycles. The zero-order chi connectivity index (χ0) is 28.9. The first-order valence-corrected chi connectivity index (χ1v) is 15.5. The first kappa shape index (κ1) is 28.1. The van der Waals surface area contributed by atoms with Crippen molar-refractivity contribution in [3.8, 4) is 0 Å². The van der Waals surface area contributed by atoms with Crippen molar-refractivity contribution >= 4 is 11.7 Å². The highest BCUT2D eigenvalue weighted by atomic mass is 17.2. The van der Waals surface area contributed by atoms with Crippen LogP contribution in [0.3, 0.4) is 0 Å². The second kappa shape index (κ2) is 9.00. The van der Waals surface area contributed by atoms with Gasteiger partial charge in [-0.05, 0) is 98.4 Å². The predicted octanol–water partition coefficient (Wildman–Crippen LogP) is 6.18. The lowest BCUT2D eigenvalue weighted by molar-refractivity contribution is -0.375. The molecule has 0 aliphatic heterocycles. The van der Waals surface area contributed by atoms with E-state index in [2.05, 4.69) is 58.1 Å². The number of carbonyl (C=O) groups is 2. The standard InChI is InChI=1S/C33H48N2O5/c1-9-34-28(37)22-17-29(2,3)16-21-20(22)10-12-32(6)26(21)23(36)14-25-30(4)15-19-18-35-39-27(19)33(7,40-38-8)24(30)11-13-31(25,32)5/h14,18,20-22,24,26H,9-13,15-17H2,1-8H3,(H,34,37)/t20?,21-,22-,24-,26+,30+,31-,32-,33+/m1/s1. The largest absolute Gasteiger partial charge is 0.358 e. The fourth-order valence-electron chi connectivity index (χ4n) is 11.1. The molecule has 0 spiro atoms. The second-order valence-corrected chi connectivity index (χ2v) is 15.4. The smallest absolute Gasteiger partial charge is 0.223 e. The van der Waals surface area contributed by atoms with Crippen LogP contribution in [0.4, 0.5) is 0 Å². The highest BCUT2D eigenvalue weighted by molar-refractivity contribution is 5.95. The highest BCUT2D eigenvalue weighted by Crippen LogP contribution is 2.73. The van der Waals surface area contributed by atoms with Crippen LogP contribution in [0.25, 0.3) is 0 Å². The van der Waals surface area contributed by atoms with Gasteiger partial charge in [0.25, 0.3) is 0 Å². The molecule has 0 aromatic carbocycles. The highest BCUT2D eigenvalue weighted by Gasteiger charge is 2.70. The first-order chi connectivity index (χ1) is 18.8. The van der Waals surface area contributed by atoms with Gasteiger partial charge in [0.15, 0.2) is 17.1 Å². The van der Waals surface area contributed by atoms with Crippen LogP contribution < -0.4 is 5.32 Å². The van der Waals surface area contributed by atoms with Crippen LogP contribution >= 0.6 is 0 Å². The molecular weight excluding hydrogens is 504 g/mol. The third kappa shape index (κ3) is 3.58. The Bertz CT molecular complexity index is 1250. The number of amides is 1. The van der Waals surface area contributed by atoms with E-state index >= 15 is 0 Å². The Labute approximate surface area is 239 Å². The molecule has 1 aromatic heterocycles. The summed E-state index contributed by atoms with van der Waals surface area (Å²) >= 11 is 0. The van der Waals surface area contributed by atoms with Crippen molar-refractivity contribution in [1.82, 2.24) is 10.5 Å². The fourth-order valence-corrected chi connectivity index (χ4v) is 11.1. The molecule has 40 heavy (non-hydrogen) atoms. The molecule has 1 unspecified atom stereocenters. The molecule has 9 atom stereocenters. The lowest BCUT2D eigenvalue weighted by Gasteiger charge is -2.68. The van der Waals surface area contributed by atoms with Crippen molar-refractivity contribution in [2.45, 2.75) is 99.0 Å². The summed E-state index contributed by atoms with van der Waals surface area (Å²) in [5.74, 6) is 1.68. The van der Waals surface area contributed by atoms with Crippen molar-refractivity contribution in [1.29, 1.82) is 0 Å². The summed E-state index contributed by atoms with van der Waals surface area (Å²) in [5, 5.41) is 7.27. The normalized spacial score (nSPS) is 45.2. The Balaban J connectivity index is 1.45. The summed E-state index contributed by atoms with van der Waals surface area (Å²) in [4.78, 5) is 39.2. The molecule has 220 valence electrons. The molecule has 3 fully saturated rings. The van der Waals surface area contributed by atoms with Gasteiger partial charge in [-0.25, -0.2) is 9.78 Å². The molecule has 0 radical (unpaired) electrons. The van der Waals surface area contributed by atoms with Gasteiger partial charge in [0.05, 0.1) is 13.3 Å². The monoisotopic (exact) mass is 552 g/mol. The van der Waals surface area contributed by atoms with Crippen LogP contribution in [0.1, 0.15) is 98.3 Å². The minimum Gasteiger partial charge on any atom is -0.358 e. The second-order valence-electron chi connectivity index (χ2n) is 15.4. The molecule has 1 heterocycles. The number of rotatable bonds is 4. The van der Waals surface area contributed by atoms with E-state index in [1.54, 1.807) is 7.11 Å². The van der Waals surface area contributed by atoms with Crippen molar-refractivity contribution in [3.63, 3.8) is 0 Å². The van der Waals surface area contributed by atoms with E-state index in [4.69, 9.17) is 14.3 Å². The maximum Gasteiger partial charge on any atom is 0.223 e. The minimum absolute atomic E-state index is 0.0188. The molecule has 3 saturated carbocycles. The predicted molar refractivity (Wildman–Crippen MR) is 151 cm³/mol. The summed E-state index contributed by atoms with van der Waals surface area (Å²) in [6.45, 7) is 16.4. The number of ketones is 1. The lowest BCUT2D eigenvalue weighted by atomic mass is 9.35. The van der Waals surface area contributed by atoms with Gasteiger partial charge >= 0.3 is 0 Å². The van der Waals surface area contributed by atoms with E-state index in [-0.39, 0.29) is 62.9 Å². The van der Waals surface area contributed by atoms with E-state index in [1.807, 2.05) is 13.1 Å². The number of hydrogen-bond donors (Lipinski definition) is 1. The molecule has 1 amide bonds. The van der Waals surface area contributed by atoms with Crippen LogP contribution in [-0.2, 0) is 31.4 Å². The van der Waals surface area contributed by atoms with E-state index in [1.165, 1.54) is 5.57 Å². The number of hydrogen-bond acceptors (Lipinski definition) is 6. The van der Waals surface area contributed by atoms with E-state index < -0.39 is 5.60 Å². The SMILES string of the molecule is CCNC(=O)[C@@H]1CC(C)(C)C[C@@H]2C1CC[C@]1(C)[C@@H]2C(=O)C=C2[C@@]3(C)Cc4cnoc4[C@@](C)(OOC)[C@@H]3CC[C@]21C. The van der Waals surface area contributed by atoms with Crippen molar-refractivity contribution in [2.24, 2.45) is 51.2 Å². The average molecular weight is 553 g/mol. The Morgan fingerprint density at radius 3 is 2.55 bits per heavy atom. The summed E-state index contributed by atoms with van der Waals surface area (Å²) in [7, 11) is 1.55. The molecule has 5 aliphatic rings. The van der Waals surface area contributed by atoms with Gasteiger partial charge in [-0.15, -0.1) is 0 Å². The maximum atomic E-state index is 14.5. The Kier molecular flexibility index (Phi) is 6.33. The lowest BCUT2D eigenvalue weighted by Crippen LogP contribution is -2.65. The quantitative estimate of drug-likeness (QED) is 0.355. The zero-order valence-corrected chi connectivity index (χ0v) is 25.7. The third-order valence-corrected chi connectivity index (χ3v) is 12.8. The van der Waals surface area contributed by atoms with E-state index in [0.29, 0.717) is 6.54 Å². The summed E-state index contributed by atoms with van der Waals surface area (Å²) in [6, 6.07) is 0. The van der Waals surface area contributed by atoms with Crippen LogP contribution in [0.2, 0.25) is 0 Å². The van der Waals surface area contributed by atoms with Gasteiger partial charge in [0, 0.05) is 29.9 Å². The molecule has 0 bridgehead atoms. The molecule has 7 heteroatoms. The molecular formula is C33H48N2O5. The minimum atomic E-state index is -0.790. The van der Waals surface area contributed by atoms with Crippen molar-refractivity contribution < 1.29 is 23.9 Å². The van der Waals surface area contributed by atoms with Crippen LogP contribution in [0.15, 0.2) is 22.4 Å². The topological polar surface area (TPSA) is 90.7 Å². The van der Waals surface area contributed by atoms with Gasteiger partial charge in [-0.1, -0.05) is 45.3 Å². The molecule has 1 N–H and O–H groups in total. The maximum absolute atomic E-state index is 14.5. The van der Waals surface area contributed by atoms with Gasteiger partial charge in [-0.3, -0.25) is 9.59 Å². The number of allylic oxidation sites excluding steroid dienone is 2. The summed E-state index contributed by atoms with van der Waals surface area (Å²) in [6.07, 6.45) is 10.4. The number of fused-ring (bicyclic) bond motifs is 8. The molecule has 1 aromatic rings. The fraction of sp³-hybridized carbons (Fsp3) is 0.788. The Morgan fingerprint density at radius 2 is 1.85 bits per heavy atom. The summed E-state index contributed by atoms with van der Waals surface area (Å²) < 4.78 is 5.76. The van der Waals surface area contributed by atoms with E-state index in [9.17, 15) is 9.59 Å².